The van der Waals surface area contributed by atoms with Crippen LogP contribution in [0.15, 0.2) is 54.6 Å². The van der Waals surface area contributed by atoms with Gasteiger partial charge in [0.25, 0.3) is 0 Å². The molecule has 33 heavy (non-hydrogen) atoms. The van der Waals surface area contributed by atoms with Gasteiger partial charge in [0.2, 0.25) is 0 Å². The van der Waals surface area contributed by atoms with Gasteiger partial charge in [0.05, 0.1) is 17.6 Å². The summed E-state index contributed by atoms with van der Waals surface area (Å²) in [6, 6.07) is 16.8. The molecule has 0 saturated carbocycles. The van der Waals surface area contributed by atoms with Crippen LogP contribution in [0.2, 0.25) is 18.1 Å². The molecular weight excluding hydrogens is 436 g/mol. The predicted molar refractivity (Wildman–Crippen MR) is 132 cm³/mol. The Morgan fingerprint density at radius 1 is 1.03 bits per heavy atom. The molecule has 0 N–H and O–H groups in total. The molecule has 0 unspecified atom stereocenters. The van der Waals surface area contributed by atoms with E-state index in [2.05, 4.69) is 50.9 Å². The first kappa shape index (κ1) is 25.4. The predicted octanol–water partition coefficient (Wildman–Crippen LogP) is 5.27. The Labute approximate surface area is 197 Å². The van der Waals surface area contributed by atoms with Crippen molar-refractivity contribution in [3.05, 3.63) is 70.3 Å². The van der Waals surface area contributed by atoms with E-state index in [4.69, 9.17) is 13.9 Å². The summed E-state index contributed by atoms with van der Waals surface area (Å²) in [5.74, 6) is 0.264. The second-order valence-corrected chi connectivity index (χ2v) is 15.0. The molecule has 0 bridgehead atoms. The van der Waals surface area contributed by atoms with Crippen molar-refractivity contribution in [1.29, 1.82) is 0 Å². The molecule has 0 aliphatic carbocycles. The summed E-state index contributed by atoms with van der Waals surface area (Å²) in [4.78, 5) is 13.2. The van der Waals surface area contributed by atoms with Gasteiger partial charge in [-0.2, -0.15) is 0 Å². The highest BCUT2D eigenvalue weighted by Crippen LogP contribution is 2.37. The summed E-state index contributed by atoms with van der Waals surface area (Å²) in [5.41, 5.74) is 1.20. The maximum absolute atomic E-state index is 11.3. The van der Waals surface area contributed by atoms with Crippen molar-refractivity contribution < 1.29 is 18.8 Å². The quantitative estimate of drug-likeness (QED) is 0.281. The highest BCUT2D eigenvalue weighted by molar-refractivity contribution is 6.74. The first-order chi connectivity index (χ1) is 15.5. The molecule has 1 fully saturated rings. The molecule has 8 heteroatoms. The van der Waals surface area contributed by atoms with Gasteiger partial charge < -0.3 is 13.9 Å². The molecule has 1 aliphatic rings. The van der Waals surface area contributed by atoms with Crippen LogP contribution < -0.4 is 4.74 Å². The van der Waals surface area contributed by atoms with Crippen LogP contribution in [0, 0.1) is 10.1 Å². The molecule has 0 radical (unpaired) electrons. The number of hydrogen-bond acceptors (Lipinski definition) is 6. The van der Waals surface area contributed by atoms with Crippen LogP contribution in [-0.4, -0.2) is 56.7 Å². The standard InChI is InChI=1S/C25H36N2O5Si/c1-25(2,3)33(4,5)31-19-22-17-26(15-20-11-7-6-8-12-20)16-21(32-22)18-30-24-14-10-9-13-23(24)27(28)29/h6-14,21-22H,15-19H2,1-5H3/t21-,22-/m0/s1. The molecule has 2 aromatic carbocycles. The normalized spacial score (nSPS) is 19.9. The van der Waals surface area contributed by atoms with Gasteiger partial charge in [0, 0.05) is 25.7 Å². The molecule has 0 spiro atoms. The molecular formula is C25H36N2O5Si. The van der Waals surface area contributed by atoms with Gasteiger partial charge in [0.1, 0.15) is 12.7 Å². The average molecular weight is 473 g/mol. The van der Waals surface area contributed by atoms with Crippen LogP contribution in [-0.2, 0) is 15.7 Å². The number of ether oxygens (including phenoxy) is 2. The fraction of sp³-hybridized carbons (Fsp3) is 0.520. The minimum Gasteiger partial charge on any atom is -0.484 e. The summed E-state index contributed by atoms with van der Waals surface area (Å²) < 4.78 is 18.7. The summed E-state index contributed by atoms with van der Waals surface area (Å²) in [6.07, 6.45) is -0.300. The molecule has 3 rings (SSSR count). The van der Waals surface area contributed by atoms with E-state index < -0.39 is 13.2 Å². The Kier molecular flexibility index (Phi) is 8.28. The molecule has 1 heterocycles. The monoisotopic (exact) mass is 472 g/mol. The summed E-state index contributed by atoms with van der Waals surface area (Å²) in [5, 5.41) is 11.4. The van der Waals surface area contributed by atoms with Crippen LogP contribution in [0.5, 0.6) is 5.75 Å². The van der Waals surface area contributed by atoms with E-state index in [1.165, 1.54) is 11.6 Å². The lowest BCUT2D eigenvalue weighted by Gasteiger charge is -2.41. The molecule has 1 saturated heterocycles. The highest BCUT2D eigenvalue weighted by Gasteiger charge is 2.39. The van der Waals surface area contributed by atoms with Crippen molar-refractivity contribution in [2.45, 2.75) is 57.7 Å². The maximum atomic E-state index is 11.3. The van der Waals surface area contributed by atoms with Gasteiger partial charge >= 0.3 is 5.69 Å². The van der Waals surface area contributed by atoms with E-state index in [-0.39, 0.29) is 35.3 Å². The van der Waals surface area contributed by atoms with Crippen molar-refractivity contribution in [2.24, 2.45) is 0 Å². The number of para-hydroxylation sites is 2. The van der Waals surface area contributed by atoms with Crippen molar-refractivity contribution in [3.63, 3.8) is 0 Å². The number of morpholine rings is 1. The Balaban J connectivity index is 1.68. The molecule has 2 atom stereocenters. The second-order valence-electron chi connectivity index (χ2n) is 10.2. The first-order valence-corrected chi connectivity index (χ1v) is 14.4. The molecule has 7 nitrogen and oxygen atoms in total. The maximum Gasteiger partial charge on any atom is 0.310 e. The van der Waals surface area contributed by atoms with Crippen molar-refractivity contribution >= 4 is 14.0 Å². The lowest BCUT2D eigenvalue weighted by molar-refractivity contribution is -0.386. The van der Waals surface area contributed by atoms with Crippen LogP contribution in [0.3, 0.4) is 0 Å². The smallest absolute Gasteiger partial charge is 0.310 e. The average Bonchev–Trinajstić information content (AvgIpc) is 2.76. The third kappa shape index (κ3) is 7.11. The van der Waals surface area contributed by atoms with Crippen molar-refractivity contribution in [2.75, 3.05) is 26.3 Å². The molecule has 2 aromatic rings. The molecule has 1 aliphatic heterocycles. The summed E-state index contributed by atoms with van der Waals surface area (Å²) in [6.45, 7) is 14.2. The van der Waals surface area contributed by atoms with Crippen LogP contribution in [0.1, 0.15) is 26.3 Å². The number of nitro benzene ring substituents is 1. The summed E-state index contributed by atoms with van der Waals surface area (Å²) >= 11 is 0. The lowest BCUT2D eigenvalue weighted by atomic mass is 10.1. The Morgan fingerprint density at radius 3 is 2.27 bits per heavy atom. The second kappa shape index (κ2) is 10.8. The zero-order chi connectivity index (χ0) is 24.1. The number of nitrogens with zero attached hydrogens (tertiary/aromatic N) is 2. The molecule has 0 amide bonds. The fourth-order valence-electron chi connectivity index (χ4n) is 3.59. The third-order valence-electron chi connectivity index (χ3n) is 6.48. The van der Waals surface area contributed by atoms with E-state index >= 15 is 0 Å². The number of nitro groups is 1. The van der Waals surface area contributed by atoms with Gasteiger partial charge in [-0.3, -0.25) is 15.0 Å². The highest BCUT2D eigenvalue weighted by atomic mass is 28.4. The largest absolute Gasteiger partial charge is 0.484 e. The Bertz CT molecular complexity index is 917. The minimum atomic E-state index is -1.90. The van der Waals surface area contributed by atoms with Gasteiger partial charge in [-0.25, -0.2) is 0 Å². The lowest BCUT2D eigenvalue weighted by Crippen LogP contribution is -2.52. The third-order valence-corrected chi connectivity index (χ3v) is 11.0. The van der Waals surface area contributed by atoms with Gasteiger partial charge in [-0.05, 0) is 29.8 Å². The van der Waals surface area contributed by atoms with E-state index in [1.807, 2.05) is 18.2 Å². The Morgan fingerprint density at radius 2 is 1.64 bits per heavy atom. The van der Waals surface area contributed by atoms with E-state index in [9.17, 15) is 10.1 Å². The van der Waals surface area contributed by atoms with Crippen LogP contribution in [0.25, 0.3) is 0 Å². The van der Waals surface area contributed by atoms with E-state index in [1.54, 1.807) is 18.2 Å². The van der Waals surface area contributed by atoms with Gasteiger partial charge in [0.15, 0.2) is 14.1 Å². The minimum absolute atomic E-state index is 0.0349. The topological polar surface area (TPSA) is 74.1 Å². The van der Waals surface area contributed by atoms with Gasteiger partial charge in [-0.15, -0.1) is 0 Å². The molecule has 0 aromatic heterocycles. The molecule has 180 valence electrons. The SMILES string of the molecule is CC(C)(C)[Si](C)(C)OC[C@@H]1CN(Cc2ccccc2)C[C@@H](COc2ccccc2[N+](=O)[O-])O1. The Hall–Kier alpha value is -2.26. The summed E-state index contributed by atoms with van der Waals surface area (Å²) in [7, 11) is -1.90. The van der Waals surface area contributed by atoms with E-state index in [0.29, 0.717) is 13.2 Å². The number of hydrogen-bond donors (Lipinski definition) is 0. The zero-order valence-electron chi connectivity index (χ0n) is 20.3. The van der Waals surface area contributed by atoms with Crippen molar-refractivity contribution in [1.82, 2.24) is 4.90 Å². The zero-order valence-corrected chi connectivity index (χ0v) is 21.3. The van der Waals surface area contributed by atoms with Crippen molar-refractivity contribution in [3.8, 4) is 5.75 Å². The fourth-order valence-corrected chi connectivity index (χ4v) is 4.63. The van der Waals surface area contributed by atoms with E-state index in [0.717, 1.165) is 13.1 Å². The van der Waals surface area contributed by atoms with Gasteiger partial charge in [-0.1, -0.05) is 63.2 Å². The number of benzene rings is 2. The first-order valence-electron chi connectivity index (χ1n) is 11.5. The van der Waals surface area contributed by atoms with Crippen LogP contribution in [0.4, 0.5) is 5.69 Å². The number of rotatable bonds is 9. The van der Waals surface area contributed by atoms with Crippen LogP contribution >= 0.6 is 0 Å².